The maximum atomic E-state index is 11.7. The van der Waals surface area contributed by atoms with Gasteiger partial charge in [-0.3, -0.25) is 0 Å². The van der Waals surface area contributed by atoms with Crippen molar-refractivity contribution in [3.63, 3.8) is 0 Å². The number of nitrogen functional groups attached to an aromatic ring is 1. The lowest BCUT2D eigenvalue weighted by molar-refractivity contribution is -0.172. The lowest BCUT2D eigenvalue weighted by Crippen LogP contribution is -2.17. The molecule has 1 heterocycles. The Balaban J connectivity index is 2.19. The van der Waals surface area contributed by atoms with Gasteiger partial charge >= 0.3 is 6.18 Å². The first-order valence-electron chi connectivity index (χ1n) is 4.47. The summed E-state index contributed by atoms with van der Waals surface area (Å²) >= 11 is 1.27. The molecule has 0 fully saturated rings. The largest absolute Gasteiger partial charge is 0.411 e. The van der Waals surface area contributed by atoms with Gasteiger partial charge < -0.3 is 10.5 Å². The highest BCUT2D eigenvalue weighted by Gasteiger charge is 2.27. The predicted molar refractivity (Wildman–Crippen MR) is 56.2 cm³/mol. The first kappa shape index (κ1) is 13.1. The van der Waals surface area contributed by atoms with Gasteiger partial charge in [0.15, 0.2) is 0 Å². The van der Waals surface area contributed by atoms with Gasteiger partial charge in [-0.2, -0.15) is 13.2 Å². The molecule has 7 heteroatoms. The van der Waals surface area contributed by atoms with Crippen molar-refractivity contribution >= 4 is 17.4 Å². The van der Waals surface area contributed by atoms with Crippen LogP contribution in [0.3, 0.4) is 0 Å². The maximum Gasteiger partial charge on any atom is 0.411 e. The Hall–Kier alpha value is -0.950. The molecular weight excluding hydrogens is 241 g/mol. The summed E-state index contributed by atoms with van der Waals surface area (Å²) in [5.74, 6) is 0.386. The summed E-state index contributed by atoms with van der Waals surface area (Å²) in [6.45, 7) is -1.20. The summed E-state index contributed by atoms with van der Waals surface area (Å²) in [7, 11) is 0. The van der Waals surface area contributed by atoms with Gasteiger partial charge in [0.2, 0.25) is 0 Å². The van der Waals surface area contributed by atoms with Crippen LogP contribution >= 0.6 is 11.8 Å². The zero-order chi connectivity index (χ0) is 12.0. The molecule has 0 amide bonds. The Morgan fingerprint density at radius 1 is 1.44 bits per heavy atom. The summed E-state index contributed by atoms with van der Waals surface area (Å²) in [5.41, 5.74) is 6.12. The van der Waals surface area contributed by atoms with Crippen molar-refractivity contribution in [1.29, 1.82) is 0 Å². The van der Waals surface area contributed by atoms with Gasteiger partial charge in [-0.1, -0.05) is 0 Å². The number of pyridine rings is 1. The second-order valence-electron chi connectivity index (χ2n) is 2.91. The average Bonchev–Trinajstić information content (AvgIpc) is 2.18. The maximum absolute atomic E-state index is 11.7. The molecule has 16 heavy (non-hydrogen) atoms. The third kappa shape index (κ3) is 5.22. The topological polar surface area (TPSA) is 48.1 Å². The fraction of sp³-hybridized carbons (Fsp3) is 0.444. The van der Waals surface area contributed by atoms with Crippen molar-refractivity contribution in [2.24, 2.45) is 0 Å². The van der Waals surface area contributed by atoms with Crippen molar-refractivity contribution in [3.8, 4) is 0 Å². The zero-order valence-corrected chi connectivity index (χ0v) is 9.14. The molecule has 2 N–H and O–H groups in total. The fourth-order valence-corrected chi connectivity index (χ4v) is 1.67. The van der Waals surface area contributed by atoms with Crippen LogP contribution in [0, 0.1) is 0 Å². The average molecular weight is 252 g/mol. The molecule has 0 saturated carbocycles. The standard InChI is InChI=1S/C9H11F3N2OS/c10-9(11,12)6-15-4-5-16-8-7(13)2-1-3-14-8/h1-3H,4-6,13H2. The highest BCUT2D eigenvalue weighted by Crippen LogP contribution is 2.21. The number of rotatable bonds is 5. The smallest absolute Gasteiger partial charge is 0.397 e. The molecule has 1 aromatic rings. The van der Waals surface area contributed by atoms with E-state index in [0.29, 0.717) is 16.5 Å². The van der Waals surface area contributed by atoms with Crippen LogP contribution in [-0.2, 0) is 4.74 Å². The highest BCUT2D eigenvalue weighted by molar-refractivity contribution is 7.99. The molecule has 0 radical (unpaired) electrons. The number of ether oxygens (including phenoxy) is 1. The number of anilines is 1. The zero-order valence-electron chi connectivity index (χ0n) is 8.33. The molecule has 0 atom stereocenters. The first-order valence-corrected chi connectivity index (χ1v) is 5.45. The van der Waals surface area contributed by atoms with Gasteiger partial charge in [0, 0.05) is 11.9 Å². The van der Waals surface area contributed by atoms with Crippen LogP contribution in [0.15, 0.2) is 23.4 Å². The van der Waals surface area contributed by atoms with E-state index >= 15 is 0 Å². The second kappa shape index (κ2) is 5.95. The van der Waals surface area contributed by atoms with E-state index in [-0.39, 0.29) is 6.61 Å². The molecular formula is C9H11F3N2OS. The van der Waals surface area contributed by atoms with Crippen LogP contribution in [0.25, 0.3) is 0 Å². The minimum absolute atomic E-state index is 0.0141. The lowest BCUT2D eigenvalue weighted by Gasteiger charge is -2.07. The quantitative estimate of drug-likeness (QED) is 0.645. The number of aromatic nitrogens is 1. The number of nitrogens with two attached hydrogens (primary N) is 1. The molecule has 1 aromatic heterocycles. The second-order valence-corrected chi connectivity index (χ2v) is 4.00. The van der Waals surface area contributed by atoms with Gasteiger partial charge in [-0.05, 0) is 12.1 Å². The Labute approximate surface area is 95.2 Å². The summed E-state index contributed by atoms with van der Waals surface area (Å²) in [4.78, 5) is 3.98. The van der Waals surface area contributed by atoms with Crippen LogP contribution in [-0.4, -0.2) is 30.1 Å². The molecule has 90 valence electrons. The van der Waals surface area contributed by atoms with Crippen LogP contribution in [0.4, 0.5) is 18.9 Å². The molecule has 0 aliphatic carbocycles. The van der Waals surface area contributed by atoms with E-state index in [0.717, 1.165) is 0 Å². The van der Waals surface area contributed by atoms with Crippen molar-refractivity contribution in [3.05, 3.63) is 18.3 Å². The lowest BCUT2D eigenvalue weighted by atomic mass is 10.4. The van der Waals surface area contributed by atoms with Gasteiger partial charge in [0.1, 0.15) is 11.6 Å². The minimum atomic E-state index is -4.27. The summed E-state index contributed by atoms with van der Waals surface area (Å²) < 4.78 is 39.6. The van der Waals surface area contributed by atoms with E-state index in [1.807, 2.05) is 0 Å². The SMILES string of the molecule is Nc1cccnc1SCCOCC(F)(F)F. The monoisotopic (exact) mass is 252 g/mol. The third-order valence-corrected chi connectivity index (χ3v) is 2.52. The van der Waals surface area contributed by atoms with E-state index in [2.05, 4.69) is 9.72 Å². The molecule has 1 rings (SSSR count). The van der Waals surface area contributed by atoms with Gasteiger partial charge in [0.25, 0.3) is 0 Å². The number of nitrogens with zero attached hydrogens (tertiary/aromatic N) is 1. The highest BCUT2D eigenvalue weighted by atomic mass is 32.2. The van der Waals surface area contributed by atoms with Crippen LogP contribution in [0.5, 0.6) is 0 Å². The van der Waals surface area contributed by atoms with E-state index in [1.165, 1.54) is 11.8 Å². The van der Waals surface area contributed by atoms with E-state index in [9.17, 15) is 13.2 Å². The minimum Gasteiger partial charge on any atom is -0.397 e. The summed E-state index contributed by atoms with van der Waals surface area (Å²) in [5, 5.41) is 0.609. The molecule has 0 aliphatic rings. The van der Waals surface area contributed by atoms with E-state index in [4.69, 9.17) is 5.73 Å². The number of hydrogen-bond donors (Lipinski definition) is 1. The fourth-order valence-electron chi connectivity index (χ4n) is 0.909. The molecule has 0 aliphatic heterocycles. The van der Waals surface area contributed by atoms with E-state index < -0.39 is 12.8 Å². The van der Waals surface area contributed by atoms with Gasteiger partial charge in [0.05, 0.1) is 12.3 Å². The Morgan fingerprint density at radius 2 is 2.19 bits per heavy atom. The normalized spacial score (nSPS) is 11.7. The summed E-state index contributed by atoms with van der Waals surface area (Å²) in [6.07, 6.45) is -2.69. The molecule has 0 unspecified atom stereocenters. The molecule has 0 bridgehead atoms. The van der Waals surface area contributed by atoms with Crippen LogP contribution in [0.1, 0.15) is 0 Å². The van der Waals surface area contributed by atoms with Crippen molar-refractivity contribution in [1.82, 2.24) is 4.98 Å². The van der Waals surface area contributed by atoms with Crippen LogP contribution < -0.4 is 5.73 Å². The van der Waals surface area contributed by atoms with E-state index in [1.54, 1.807) is 18.3 Å². The Bertz CT molecular complexity index is 333. The molecule has 0 spiro atoms. The summed E-state index contributed by atoms with van der Waals surface area (Å²) in [6, 6.07) is 3.38. The third-order valence-electron chi connectivity index (χ3n) is 1.53. The van der Waals surface area contributed by atoms with Crippen molar-refractivity contribution in [2.45, 2.75) is 11.2 Å². The molecule has 0 saturated heterocycles. The van der Waals surface area contributed by atoms with Crippen LogP contribution in [0.2, 0.25) is 0 Å². The predicted octanol–water partition coefficient (Wildman–Crippen LogP) is 2.33. The Morgan fingerprint density at radius 3 is 2.81 bits per heavy atom. The van der Waals surface area contributed by atoms with Crippen molar-refractivity contribution < 1.29 is 17.9 Å². The van der Waals surface area contributed by atoms with Gasteiger partial charge in [-0.15, -0.1) is 11.8 Å². The number of thioether (sulfide) groups is 1. The van der Waals surface area contributed by atoms with Gasteiger partial charge in [-0.25, -0.2) is 4.98 Å². The molecule has 0 aromatic carbocycles. The number of hydrogen-bond acceptors (Lipinski definition) is 4. The first-order chi connectivity index (χ1) is 7.49. The number of halogens is 3. The molecule has 3 nitrogen and oxygen atoms in total. The Kier molecular flexibility index (Phi) is 4.88. The number of alkyl halides is 3. The van der Waals surface area contributed by atoms with Crippen molar-refractivity contribution in [2.75, 3.05) is 24.7 Å².